The minimum absolute atomic E-state index is 1.26. The summed E-state index contributed by atoms with van der Waals surface area (Å²) in [6.45, 7) is 0. The first-order valence-electron chi connectivity index (χ1n) is 16.8. The second kappa shape index (κ2) is 9.64. The van der Waals surface area contributed by atoms with Crippen molar-refractivity contribution in [3.8, 4) is 22.3 Å². The Balaban J connectivity index is 1.40. The highest BCUT2D eigenvalue weighted by Gasteiger charge is 2.23. The Labute approximate surface area is 277 Å². The van der Waals surface area contributed by atoms with E-state index >= 15 is 0 Å². The molecule has 48 heavy (non-hydrogen) atoms. The van der Waals surface area contributed by atoms with Crippen LogP contribution in [0.15, 0.2) is 170 Å². The van der Waals surface area contributed by atoms with Crippen LogP contribution in [0, 0.1) is 0 Å². The Morgan fingerprint density at radius 2 is 0.688 bits per heavy atom. The minimum Gasteiger partial charge on any atom is -0.0616 e. The minimum atomic E-state index is 1.26. The van der Waals surface area contributed by atoms with E-state index in [9.17, 15) is 0 Å². The van der Waals surface area contributed by atoms with E-state index < -0.39 is 0 Å². The molecule has 0 bridgehead atoms. The Morgan fingerprint density at radius 1 is 0.208 bits per heavy atom. The summed E-state index contributed by atoms with van der Waals surface area (Å²) in [7, 11) is 0. The molecule has 11 rings (SSSR count). The van der Waals surface area contributed by atoms with Gasteiger partial charge < -0.3 is 0 Å². The Morgan fingerprint density at radius 3 is 1.40 bits per heavy atom. The Kier molecular flexibility index (Phi) is 5.20. The lowest BCUT2D eigenvalue weighted by Gasteiger charge is -2.22. The molecule has 11 aromatic carbocycles. The van der Waals surface area contributed by atoms with Crippen molar-refractivity contribution < 1.29 is 0 Å². The largest absolute Gasteiger partial charge is 0.0616 e. The van der Waals surface area contributed by atoms with Crippen LogP contribution >= 0.6 is 0 Å². The normalized spacial score (nSPS) is 12.2. The van der Waals surface area contributed by atoms with E-state index in [2.05, 4.69) is 170 Å². The highest BCUT2D eigenvalue weighted by atomic mass is 14.3. The Bertz CT molecular complexity index is 3040. The molecule has 0 unspecified atom stereocenters. The highest BCUT2D eigenvalue weighted by molar-refractivity contribution is 6.34. The first-order valence-corrected chi connectivity index (χ1v) is 16.8. The van der Waals surface area contributed by atoms with E-state index in [1.807, 2.05) is 0 Å². The van der Waals surface area contributed by atoms with Crippen LogP contribution in [0.3, 0.4) is 0 Å². The lowest BCUT2D eigenvalue weighted by atomic mass is 9.80. The van der Waals surface area contributed by atoms with E-state index in [-0.39, 0.29) is 0 Å². The van der Waals surface area contributed by atoms with Gasteiger partial charge in [-0.25, -0.2) is 0 Å². The van der Waals surface area contributed by atoms with Crippen LogP contribution in [0.1, 0.15) is 0 Å². The summed E-state index contributed by atoms with van der Waals surface area (Å²) >= 11 is 0. The van der Waals surface area contributed by atoms with Crippen LogP contribution in [0.2, 0.25) is 0 Å². The van der Waals surface area contributed by atoms with Crippen molar-refractivity contribution in [1.29, 1.82) is 0 Å². The zero-order valence-electron chi connectivity index (χ0n) is 26.2. The fraction of sp³-hybridized carbons (Fsp3) is 0. The molecule has 0 aliphatic heterocycles. The summed E-state index contributed by atoms with van der Waals surface area (Å²) in [6, 6.07) is 63.4. The molecule has 0 saturated heterocycles. The van der Waals surface area contributed by atoms with Crippen LogP contribution in [0.4, 0.5) is 0 Å². The van der Waals surface area contributed by atoms with E-state index in [1.54, 1.807) is 0 Å². The molecule has 0 spiro atoms. The van der Waals surface area contributed by atoms with Gasteiger partial charge in [0.15, 0.2) is 0 Å². The lowest BCUT2D eigenvalue weighted by Crippen LogP contribution is -1.95. The zero-order valence-corrected chi connectivity index (χ0v) is 26.2. The van der Waals surface area contributed by atoms with Crippen molar-refractivity contribution in [2.45, 2.75) is 0 Å². The molecular formula is C48H28. The summed E-state index contributed by atoms with van der Waals surface area (Å²) in [5.41, 5.74) is 5.21. The summed E-state index contributed by atoms with van der Waals surface area (Å²) in [5.74, 6) is 0. The third-order valence-corrected chi connectivity index (χ3v) is 10.7. The van der Waals surface area contributed by atoms with Crippen LogP contribution in [0.5, 0.6) is 0 Å². The van der Waals surface area contributed by atoms with E-state index in [4.69, 9.17) is 0 Å². The standard InChI is InChI=1S/C48H28/c1-4-15-35-29(10-1)22-27-42-45(41-26-24-32-21-20-30-13-9-14-31-23-25-40(41)44(32)43(30)31)38-18-7-8-19-39(38)48(47(35)42)46-36-16-5-2-11-33(36)28-34-12-3-6-17-37(34)46/h1-28H. The van der Waals surface area contributed by atoms with Crippen LogP contribution in [-0.4, -0.2) is 0 Å². The molecule has 0 fully saturated rings. The van der Waals surface area contributed by atoms with Gasteiger partial charge in [0.25, 0.3) is 0 Å². The number of rotatable bonds is 2. The van der Waals surface area contributed by atoms with E-state index in [1.165, 1.54) is 108 Å². The summed E-state index contributed by atoms with van der Waals surface area (Å²) in [5, 5.41) is 20.7. The quantitative estimate of drug-likeness (QED) is 0.136. The molecule has 0 amide bonds. The topological polar surface area (TPSA) is 0 Å². The summed E-state index contributed by atoms with van der Waals surface area (Å²) < 4.78 is 0. The smallest absolute Gasteiger partial charge is 0.000764 e. The molecule has 0 aliphatic rings. The monoisotopic (exact) mass is 604 g/mol. The molecule has 0 atom stereocenters. The molecule has 0 heterocycles. The van der Waals surface area contributed by atoms with Gasteiger partial charge >= 0.3 is 0 Å². The molecule has 0 N–H and O–H groups in total. The second-order valence-electron chi connectivity index (χ2n) is 13.2. The van der Waals surface area contributed by atoms with Gasteiger partial charge in [0.1, 0.15) is 0 Å². The van der Waals surface area contributed by atoms with Gasteiger partial charge in [0.05, 0.1) is 0 Å². The summed E-state index contributed by atoms with van der Waals surface area (Å²) in [4.78, 5) is 0. The SMILES string of the molecule is c1ccc2c(-c3c4ccccc4c(-c4ccc5ccc6cccc7ccc4c5c67)c4ccc5ccccc5c34)c3ccccc3cc2c1. The van der Waals surface area contributed by atoms with Crippen LogP contribution < -0.4 is 0 Å². The van der Waals surface area contributed by atoms with Crippen molar-refractivity contribution in [1.82, 2.24) is 0 Å². The number of fused-ring (bicyclic) bond motifs is 6. The van der Waals surface area contributed by atoms with Gasteiger partial charge in [0.2, 0.25) is 0 Å². The van der Waals surface area contributed by atoms with Crippen LogP contribution in [0.25, 0.3) is 108 Å². The molecule has 0 saturated carbocycles. The second-order valence-corrected chi connectivity index (χ2v) is 13.2. The van der Waals surface area contributed by atoms with E-state index in [0.717, 1.165) is 0 Å². The van der Waals surface area contributed by atoms with Crippen molar-refractivity contribution in [2.24, 2.45) is 0 Å². The van der Waals surface area contributed by atoms with Crippen molar-refractivity contribution in [3.05, 3.63) is 170 Å². The lowest BCUT2D eigenvalue weighted by molar-refractivity contribution is 1.71. The van der Waals surface area contributed by atoms with Gasteiger partial charge in [-0.2, -0.15) is 0 Å². The fourth-order valence-corrected chi connectivity index (χ4v) is 8.73. The number of hydrogen-bond acceptors (Lipinski definition) is 0. The fourth-order valence-electron chi connectivity index (χ4n) is 8.73. The number of hydrogen-bond donors (Lipinski definition) is 0. The molecule has 0 radical (unpaired) electrons. The van der Waals surface area contributed by atoms with Gasteiger partial charge in [-0.1, -0.05) is 164 Å². The maximum Gasteiger partial charge on any atom is -0.000764 e. The molecule has 220 valence electrons. The average molecular weight is 605 g/mol. The zero-order chi connectivity index (χ0) is 31.3. The predicted molar refractivity (Wildman–Crippen MR) is 209 cm³/mol. The molecule has 0 aliphatic carbocycles. The molecule has 0 aromatic heterocycles. The summed E-state index contributed by atoms with van der Waals surface area (Å²) in [6.07, 6.45) is 0. The third-order valence-electron chi connectivity index (χ3n) is 10.7. The van der Waals surface area contributed by atoms with E-state index in [0.29, 0.717) is 0 Å². The molecular weight excluding hydrogens is 577 g/mol. The van der Waals surface area contributed by atoms with Gasteiger partial charge in [-0.15, -0.1) is 0 Å². The van der Waals surface area contributed by atoms with Gasteiger partial charge in [-0.05, 0) is 114 Å². The van der Waals surface area contributed by atoms with Gasteiger partial charge in [0, 0.05) is 0 Å². The maximum atomic E-state index is 2.38. The average Bonchev–Trinajstić information content (AvgIpc) is 3.15. The van der Waals surface area contributed by atoms with Crippen LogP contribution in [-0.2, 0) is 0 Å². The maximum absolute atomic E-state index is 2.38. The first-order chi connectivity index (χ1) is 23.8. The van der Waals surface area contributed by atoms with Crippen molar-refractivity contribution in [2.75, 3.05) is 0 Å². The molecule has 0 nitrogen and oxygen atoms in total. The Hall–Kier alpha value is -6.24. The molecule has 11 aromatic rings. The third kappa shape index (κ3) is 3.44. The first kappa shape index (κ1) is 25.9. The predicted octanol–water partition coefficient (Wildman–Crippen LogP) is 13.7. The van der Waals surface area contributed by atoms with Crippen molar-refractivity contribution in [3.63, 3.8) is 0 Å². The highest BCUT2D eigenvalue weighted by Crippen LogP contribution is 2.51. The van der Waals surface area contributed by atoms with Gasteiger partial charge in [-0.3, -0.25) is 0 Å². The van der Waals surface area contributed by atoms with Crippen molar-refractivity contribution >= 4 is 86.2 Å². The number of benzene rings is 11. The molecule has 0 heteroatoms.